The Kier molecular flexibility index (Phi) is 6.09. The Morgan fingerprint density at radius 3 is 2.91 bits per heavy atom. The summed E-state index contributed by atoms with van der Waals surface area (Å²) in [5.74, 6) is 1.18. The van der Waals surface area contributed by atoms with Gasteiger partial charge in [-0.2, -0.15) is 5.26 Å². The molecule has 3 aliphatic heterocycles. The second-order valence-corrected chi connectivity index (χ2v) is 10.3. The summed E-state index contributed by atoms with van der Waals surface area (Å²) in [5.41, 5.74) is 0.952. The van der Waals surface area contributed by atoms with Crippen LogP contribution in [-0.2, 0) is 4.79 Å². The van der Waals surface area contributed by atoms with Crippen molar-refractivity contribution in [3.05, 3.63) is 29.6 Å². The molecule has 0 spiro atoms. The molecule has 5 unspecified atom stereocenters. The third-order valence-electron chi connectivity index (χ3n) is 8.34. The van der Waals surface area contributed by atoms with Gasteiger partial charge in [-0.1, -0.05) is 0 Å². The Bertz CT molecular complexity index is 901. The minimum absolute atomic E-state index is 0.0978. The van der Waals surface area contributed by atoms with Gasteiger partial charge in [-0.25, -0.2) is 4.39 Å². The lowest BCUT2D eigenvalue weighted by atomic mass is 9.67. The van der Waals surface area contributed by atoms with Crippen molar-refractivity contribution in [2.75, 3.05) is 37.6 Å². The predicted molar refractivity (Wildman–Crippen MR) is 122 cm³/mol. The highest BCUT2D eigenvalue weighted by Crippen LogP contribution is 2.39. The van der Waals surface area contributed by atoms with Crippen LogP contribution < -0.4 is 15.5 Å². The van der Waals surface area contributed by atoms with Gasteiger partial charge in [0.15, 0.2) is 0 Å². The molecule has 6 atom stereocenters. The fourth-order valence-corrected chi connectivity index (χ4v) is 6.61. The number of hydrogen-bond donors (Lipinski definition) is 2. The Hall–Kier alpha value is -2.17. The molecule has 7 heteroatoms. The molecule has 0 bridgehead atoms. The molecule has 1 amide bonds. The highest BCUT2D eigenvalue weighted by Gasteiger charge is 2.47. The van der Waals surface area contributed by atoms with Crippen molar-refractivity contribution >= 4 is 11.6 Å². The number of amides is 1. The van der Waals surface area contributed by atoms with Crippen LogP contribution in [0.25, 0.3) is 0 Å². The molecule has 1 saturated carbocycles. The van der Waals surface area contributed by atoms with Crippen LogP contribution in [0.15, 0.2) is 18.2 Å². The lowest BCUT2D eigenvalue weighted by Gasteiger charge is -2.50. The molecular formula is C25H34FN5O. The van der Waals surface area contributed by atoms with Gasteiger partial charge in [0.1, 0.15) is 11.9 Å². The zero-order valence-corrected chi connectivity index (χ0v) is 18.9. The number of benzene rings is 1. The van der Waals surface area contributed by atoms with E-state index in [0.29, 0.717) is 30.0 Å². The second kappa shape index (κ2) is 8.99. The third kappa shape index (κ3) is 4.11. The van der Waals surface area contributed by atoms with Crippen LogP contribution in [-0.4, -0.2) is 61.7 Å². The van der Waals surface area contributed by atoms with Gasteiger partial charge in [0.05, 0.1) is 11.5 Å². The summed E-state index contributed by atoms with van der Waals surface area (Å²) in [6.07, 6.45) is 5.64. The summed E-state index contributed by atoms with van der Waals surface area (Å²) >= 11 is 0. The van der Waals surface area contributed by atoms with Crippen molar-refractivity contribution in [2.24, 2.45) is 17.8 Å². The number of carbonyl (C=O) groups is 1. The topological polar surface area (TPSA) is 71.4 Å². The lowest BCUT2D eigenvalue weighted by molar-refractivity contribution is -0.133. The first-order chi connectivity index (χ1) is 15.5. The first-order valence-electron chi connectivity index (χ1n) is 12.3. The van der Waals surface area contributed by atoms with Crippen molar-refractivity contribution in [1.82, 2.24) is 15.5 Å². The molecule has 4 aliphatic rings. The molecule has 1 aromatic rings. The SMILES string of the molecule is C[C@H]1CN(c2ccc(C#N)c(F)c2)CCN1CC1CCC2C(C1)NC(=O)C1CCCNC12. The Morgan fingerprint density at radius 2 is 2.12 bits per heavy atom. The van der Waals surface area contributed by atoms with Crippen LogP contribution in [0, 0.1) is 34.9 Å². The molecule has 1 aliphatic carbocycles. The fourth-order valence-electron chi connectivity index (χ4n) is 6.61. The summed E-state index contributed by atoms with van der Waals surface area (Å²) in [7, 11) is 0. The average Bonchev–Trinajstić information content (AvgIpc) is 2.80. The minimum atomic E-state index is -0.443. The monoisotopic (exact) mass is 439 g/mol. The standard InChI is InChI=1S/C25H34FN5O/c1-16-14-31(19-6-5-18(13-27)22(26)12-19)10-9-30(16)15-17-4-7-20-23(11-17)29-25(32)21-3-2-8-28-24(20)21/h5-6,12,16-17,20-21,23-24,28H,2-4,7-11,14-15H2,1H3,(H,29,32)/t16-,17?,20?,21?,23?,24?/m0/s1. The van der Waals surface area contributed by atoms with Crippen molar-refractivity contribution in [3.63, 3.8) is 0 Å². The van der Waals surface area contributed by atoms with Crippen LogP contribution in [0.4, 0.5) is 10.1 Å². The smallest absolute Gasteiger partial charge is 0.224 e. The molecule has 3 saturated heterocycles. The highest BCUT2D eigenvalue weighted by atomic mass is 19.1. The van der Waals surface area contributed by atoms with E-state index in [1.54, 1.807) is 6.07 Å². The van der Waals surface area contributed by atoms with E-state index >= 15 is 0 Å². The number of piperazine rings is 1. The van der Waals surface area contributed by atoms with Gasteiger partial charge in [0.2, 0.25) is 5.91 Å². The van der Waals surface area contributed by atoms with Gasteiger partial charge in [-0.15, -0.1) is 0 Å². The fraction of sp³-hybridized carbons (Fsp3) is 0.680. The first-order valence-corrected chi connectivity index (χ1v) is 12.3. The van der Waals surface area contributed by atoms with Gasteiger partial charge < -0.3 is 15.5 Å². The van der Waals surface area contributed by atoms with Crippen LogP contribution in [0.3, 0.4) is 0 Å². The molecule has 0 radical (unpaired) electrons. The summed E-state index contributed by atoms with van der Waals surface area (Å²) < 4.78 is 14.1. The quantitative estimate of drug-likeness (QED) is 0.757. The van der Waals surface area contributed by atoms with Gasteiger partial charge in [-0.05, 0) is 75.6 Å². The zero-order valence-electron chi connectivity index (χ0n) is 18.9. The number of nitriles is 1. The van der Waals surface area contributed by atoms with E-state index in [4.69, 9.17) is 5.26 Å². The number of nitrogens with zero attached hydrogens (tertiary/aromatic N) is 3. The van der Waals surface area contributed by atoms with E-state index in [1.165, 1.54) is 18.9 Å². The lowest BCUT2D eigenvalue weighted by Crippen LogP contribution is -2.64. The Balaban J connectivity index is 1.17. The first kappa shape index (κ1) is 21.7. The molecule has 172 valence electrons. The maximum Gasteiger partial charge on any atom is 0.224 e. The van der Waals surface area contributed by atoms with E-state index in [-0.39, 0.29) is 17.4 Å². The van der Waals surface area contributed by atoms with Crippen LogP contribution in [0.5, 0.6) is 0 Å². The molecule has 6 nitrogen and oxygen atoms in total. The van der Waals surface area contributed by atoms with E-state index in [1.807, 2.05) is 12.1 Å². The van der Waals surface area contributed by atoms with Crippen molar-refractivity contribution < 1.29 is 9.18 Å². The molecule has 4 fully saturated rings. The molecule has 0 aromatic heterocycles. The summed E-state index contributed by atoms with van der Waals surface area (Å²) in [5, 5.41) is 16.0. The van der Waals surface area contributed by atoms with E-state index in [0.717, 1.165) is 57.7 Å². The average molecular weight is 440 g/mol. The summed E-state index contributed by atoms with van der Waals surface area (Å²) in [6, 6.07) is 7.87. The third-order valence-corrected chi connectivity index (χ3v) is 8.34. The van der Waals surface area contributed by atoms with E-state index in [2.05, 4.69) is 27.4 Å². The van der Waals surface area contributed by atoms with Crippen molar-refractivity contribution in [3.8, 4) is 6.07 Å². The van der Waals surface area contributed by atoms with Crippen LogP contribution in [0.1, 0.15) is 44.6 Å². The summed E-state index contributed by atoms with van der Waals surface area (Å²) in [4.78, 5) is 17.4. The number of anilines is 1. The second-order valence-electron chi connectivity index (χ2n) is 10.3. The van der Waals surface area contributed by atoms with Gasteiger partial charge in [0, 0.05) is 50.0 Å². The van der Waals surface area contributed by atoms with E-state index in [9.17, 15) is 9.18 Å². The van der Waals surface area contributed by atoms with Gasteiger partial charge >= 0.3 is 0 Å². The minimum Gasteiger partial charge on any atom is -0.369 e. The van der Waals surface area contributed by atoms with Crippen molar-refractivity contribution in [1.29, 1.82) is 5.26 Å². The predicted octanol–water partition coefficient (Wildman–Crippen LogP) is 2.49. The van der Waals surface area contributed by atoms with Gasteiger partial charge in [-0.3, -0.25) is 9.69 Å². The number of carbonyl (C=O) groups excluding carboxylic acids is 1. The maximum absolute atomic E-state index is 14.1. The number of nitrogens with one attached hydrogen (secondary N) is 2. The summed E-state index contributed by atoms with van der Waals surface area (Å²) in [6.45, 7) is 7.03. The molecule has 32 heavy (non-hydrogen) atoms. The molecule has 1 aromatic carbocycles. The largest absolute Gasteiger partial charge is 0.369 e. The Labute approximate surface area is 190 Å². The normalized spacial score (nSPS) is 35.4. The zero-order chi connectivity index (χ0) is 22.2. The number of piperidine rings is 2. The highest BCUT2D eigenvalue weighted by molar-refractivity contribution is 5.81. The van der Waals surface area contributed by atoms with Crippen LogP contribution in [0.2, 0.25) is 0 Å². The van der Waals surface area contributed by atoms with E-state index < -0.39 is 5.82 Å². The number of hydrogen-bond acceptors (Lipinski definition) is 5. The van der Waals surface area contributed by atoms with Crippen molar-refractivity contribution in [2.45, 2.75) is 57.2 Å². The Morgan fingerprint density at radius 1 is 1.25 bits per heavy atom. The molecule has 5 rings (SSSR count). The van der Waals surface area contributed by atoms with Crippen LogP contribution >= 0.6 is 0 Å². The van der Waals surface area contributed by atoms with Gasteiger partial charge in [0.25, 0.3) is 0 Å². The molecule has 3 heterocycles. The maximum atomic E-state index is 14.1. The number of rotatable bonds is 3. The molecule has 2 N–H and O–H groups in total. The number of fused-ring (bicyclic) bond motifs is 3. The number of halogens is 1. The molecular weight excluding hydrogens is 405 g/mol.